The molecular formula is C27H21Cl2NO7S. The van der Waals surface area contributed by atoms with E-state index in [2.05, 4.69) is 0 Å². The summed E-state index contributed by atoms with van der Waals surface area (Å²) in [5.41, 5.74) is 2.00. The molecule has 196 valence electrons. The molecule has 0 saturated heterocycles. The molecule has 2 amide bonds. The molecule has 1 heterocycles. The maximum atomic E-state index is 13.0. The molecule has 38 heavy (non-hydrogen) atoms. The van der Waals surface area contributed by atoms with Crippen molar-refractivity contribution >= 4 is 56.6 Å². The van der Waals surface area contributed by atoms with E-state index in [1.807, 2.05) is 30.3 Å². The van der Waals surface area contributed by atoms with Crippen LogP contribution in [0.25, 0.3) is 11.1 Å². The Kier molecular flexibility index (Phi) is 8.01. The highest BCUT2D eigenvalue weighted by Crippen LogP contribution is 2.33. The SMILES string of the molecule is CS(=O)(=O)CC[C@H](C(=O)OCC(=O)c1ccc(-c2ccccc2)cc1)N1C(=O)c2cc(Cl)c(Cl)cc2C1=O. The minimum Gasteiger partial charge on any atom is -0.456 e. The number of carbonyl (C=O) groups excluding carboxylic acids is 4. The van der Waals surface area contributed by atoms with Crippen molar-refractivity contribution in [3.05, 3.63) is 93.5 Å². The molecule has 11 heteroatoms. The largest absolute Gasteiger partial charge is 0.456 e. The fourth-order valence-electron chi connectivity index (χ4n) is 4.01. The fraction of sp³-hybridized carbons (Fsp3) is 0.185. The predicted octanol–water partition coefficient (Wildman–Crippen LogP) is 4.49. The number of rotatable bonds is 9. The van der Waals surface area contributed by atoms with Crippen LogP contribution in [-0.2, 0) is 19.4 Å². The van der Waals surface area contributed by atoms with Gasteiger partial charge in [0.2, 0.25) is 0 Å². The second kappa shape index (κ2) is 11.1. The van der Waals surface area contributed by atoms with Gasteiger partial charge in [-0.05, 0) is 29.7 Å². The van der Waals surface area contributed by atoms with E-state index in [1.165, 1.54) is 12.1 Å². The predicted molar refractivity (Wildman–Crippen MR) is 142 cm³/mol. The molecule has 1 aliphatic rings. The molecule has 0 radical (unpaired) electrons. The first kappa shape index (κ1) is 27.5. The van der Waals surface area contributed by atoms with Gasteiger partial charge in [-0.15, -0.1) is 0 Å². The molecule has 0 bridgehead atoms. The van der Waals surface area contributed by atoms with Gasteiger partial charge in [0.15, 0.2) is 12.4 Å². The van der Waals surface area contributed by atoms with Crippen LogP contribution in [0, 0.1) is 0 Å². The van der Waals surface area contributed by atoms with Crippen molar-refractivity contribution in [2.75, 3.05) is 18.6 Å². The van der Waals surface area contributed by atoms with Crippen LogP contribution in [0.5, 0.6) is 0 Å². The van der Waals surface area contributed by atoms with Crippen LogP contribution < -0.4 is 0 Å². The van der Waals surface area contributed by atoms with Gasteiger partial charge in [0, 0.05) is 11.8 Å². The molecule has 3 aromatic rings. The van der Waals surface area contributed by atoms with Crippen LogP contribution in [0.3, 0.4) is 0 Å². The van der Waals surface area contributed by atoms with E-state index in [0.29, 0.717) is 4.90 Å². The monoisotopic (exact) mass is 573 g/mol. The van der Waals surface area contributed by atoms with E-state index in [9.17, 15) is 27.6 Å². The third kappa shape index (κ3) is 5.96. The number of hydrogen-bond acceptors (Lipinski definition) is 7. The lowest BCUT2D eigenvalue weighted by Crippen LogP contribution is -2.46. The second-order valence-electron chi connectivity index (χ2n) is 8.70. The Morgan fingerprint density at radius 1 is 0.868 bits per heavy atom. The van der Waals surface area contributed by atoms with Gasteiger partial charge < -0.3 is 4.74 Å². The van der Waals surface area contributed by atoms with Crippen LogP contribution in [0.1, 0.15) is 37.5 Å². The third-order valence-corrected chi connectivity index (χ3v) is 7.66. The Hall–Kier alpha value is -3.53. The number of ketones is 1. The van der Waals surface area contributed by atoms with Crippen molar-refractivity contribution in [2.24, 2.45) is 0 Å². The maximum absolute atomic E-state index is 13.0. The number of fused-ring (bicyclic) bond motifs is 1. The van der Waals surface area contributed by atoms with Crippen LogP contribution in [-0.4, -0.2) is 61.5 Å². The van der Waals surface area contributed by atoms with Crippen molar-refractivity contribution in [3.63, 3.8) is 0 Å². The molecule has 1 atom stereocenters. The lowest BCUT2D eigenvalue weighted by atomic mass is 10.0. The number of carbonyl (C=O) groups is 4. The lowest BCUT2D eigenvalue weighted by Gasteiger charge is -2.24. The molecule has 0 saturated carbocycles. The number of Topliss-reactive ketones (excluding diaryl/α,β-unsaturated/α-hetero) is 1. The topological polar surface area (TPSA) is 115 Å². The number of nitrogens with zero attached hydrogens (tertiary/aromatic N) is 1. The van der Waals surface area contributed by atoms with Crippen molar-refractivity contribution < 1.29 is 32.3 Å². The van der Waals surface area contributed by atoms with Gasteiger partial charge in [0.1, 0.15) is 15.9 Å². The summed E-state index contributed by atoms with van der Waals surface area (Å²) in [6.45, 7) is -0.667. The summed E-state index contributed by atoms with van der Waals surface area (Å²) in [6, 6.07) is 17.1. The standard InChI is InChI=1S/C27H21Cl2NO7S/c1-38(35,36)12-11-23(30-25(32)19-13-21(28)22(29)14-20(19)26(30)33)27(34)37-15-24(31)18-9-7-17(8-10-18)16-5-3-2-4-6-16/h2-10,13-14,23H,11-12,15H2,1H3/t23-/m1/s1. The zero-order valence-corrected chi connectivity index (χ0v) is 22.3. The Morgan fingerprint density at radius 3 is 1.92 bits per heavy atom. The van der Waals surface area contributed by atoms with E-state index >= 15 is 0 Å². The fourth-order valence-corrected chi connectivity index (χ4v) is 4.99. The number of esters is 1. The van der Waals surface area contributed by atoms with Crippen LogP contribution in [0.15, 0.2) is 66.7 Å². The number of amides is 2. The number of ether oxygens (including phenoxy) is 1. The Balaban J connectivity index is 1.51. The van der Waals surface area contributed by atoms with Gasteiger partial charge in [-0.3, -0.25) is 19.3 Å². The summed E-state index contributed by atoms with van der Waals surface area (Å²) in [5, 5.41) is 0.0696. The summed E-state index contributed by atoms with van der Waals surface area (Å²) in [7, 11) is -3.57. The number of sulfone groups is 1. The molecular weight excluding hydrogens is 553 g/mol. The van der Waals surface area contributed by atoms with Crippen LogP contribution in [0.2, 0.25) is 10.0 Å². The van der Waals surface area contributed by atoms with Crippen molar-refractivity contribution in [1.29, 1.82) is 0 Å². The van der Waals surface area contributed by atoms with E-state index in [4.69, 9.17) is 27.9 Å². The van der Waals surface area contributed by atoms with Gasteiger partial charge >= 0.3 is 5.97 Å². The molecule has 1 aliphatic heterocycles. The maximum Gasteiger partial charge on any atom is 0.329 e. The summed E-state index contributed by atoms with van der Waals surface area (Å²) >= 11 is 12.0. The Labute approximate surface area is 229 Å². The molecule has 0 aromatic heterocycles. The molecule has 0 unspecified atom stereocenters. The minimum atomic E-state index is -3.57. The number of imide groups is 1. The summed E-state index contributed by atoms with van der Waals surface area (Å²) in [6.07, 6.45) is 0.546. The normalized spacial score (nSPS) is 13.8. The molecule has 0 aliphatic carbocycles. The van der Waals surface area contributed by atoms with E-state index in [0.717, 1.165) is 17.4 Å². The Bertz CT molecular complexity index is 1500. The van der Waals surface area contributed by atoms with Gasteiger partial charge in [0.25, 0.3) is 11.8 Å². The average molecular weight is 574 g/mol. The number of hydrogen-bond donors (Lipinski definition) is 0. The molecule has 3 aromatic carbocycles. The quantitative estimate of drug-likeness (QED) is 0.210. The van der Waals surface area contributed by atoms with Crippen molar-refractivity contribution in [2.45, 2.75) is 12.5 Å². The molecule has 0 spiro atoms. The van der Waals surface area contributed by atoms with Crippen molar-refractivity contribution in [1.82, 2.24) is 4.90 Å². The number of benzene rings is 3. The third-order valence-electron chi connectivity index (χ3n) is 5.96. The molecule has 4 rings (SSSR count). The minimum absolute atomic E-state index is 0.0348. The molecule has 0 N–H and O–H groups in total. The first-order valence-corrected chi connectivity index (χ1v) is 14.2. The number of halogens is 2. The van der Waals surface area contributed by atoms with Gasteiger partial charge in [-0.1, -0.05) is 77.8 Å². The first-order valence-electron chi connectivity index (χ1n) is 11.4. The highest BCUT2D eigenvalue weighted by molar-refractivity contribution is 7.90. The zero-order valence-electron chi connectivity index (χ0n) is 20.0. The van der Waals surface area contributed by atoms with Gasteiger partial charge in [0.05, 0.1) is 26.9 Å². The molecule has 8 nitrogen and oxygen atoms in total. The van der Waals surface area contributed by atoms with E-state index in [1.54, 1.807) is 24.3 Å². The van der Waals surface area contributed by atoms with Crippen LogP contribution in [0.4, 0.5) is 0 Å². The summed E-state index contributed by atoms with van der Waals surface area (Å²) < 4.78 is 28.8. The smallest absolute Gasteiger partial charge is 0.329 e. The van der Waals surface area contributed by atoms with E-state index in [-0.39, 0.29) is 26.7 Å². The Morgan fingerprint density at radius 2 is 1.39 bits per heavy atom. The zero-order chi connectivity index (χ0) is 27.6. The second-order valence-corrected chi connectivity index (χ2v) is 11.8. The van der Waals surface area contributed by atoms with E-state index < -0.39 is 58.2 Å². The molecule has 0 fully saturated rings. The van der Waals surface area contributed by atoms with Gasteiger partial charge in [-0.25, -0.2) is 13.2 Å². The summed E-state index contributed by atoms with van der Waals surface area (Å²) in [4.78, 5) is 52.4. The highest BCUT2D eigenvalue weighted by atomic mass is 35.5. The summed E-state index contributed by atoms with van der Waals surface area (Å²) in [5.74, 6) is -3.80. The van der Waals surface area contributed by atoms with Gasteiger partial charge in [-0.2, -0.15) is 0 Å². The first-order chi connectivity index (χ1) is 18.0. The highest BCUT2D eigenvalue weighted by Gasteiger charge is 2.44. The lowest BCUT2D eigenvalue weighted by molar-refractivity contribution is -0.147. The average Bonchev–Trinajstić information content (AvgIpc) is 3.12. The van der Waals surface area contributed by atoms with Crippen molar-refractivity contribution in [3.8, 4) is 11.1 Å². The van der Waals surface area contributed by atoms with Crippen LogP contribution >= 0.6 is 23.2 Å².